The maximum absolute atomic E-state index is 12.4. The van der Waals surface area contributed by atoms with E-state index >= 15 is 0 Å². The quantitative estimate of drug-likeness (QED) is 0.820. The summed E-state index contributed by atoms with van der Waals surface area (Å²) in [5, 5.41) is 7.96. The highest BCUT2D eigenvalue weighted by Gasteiger charge is 2.28. The van der Waals surface area contributed by atoms with Crippen molar-refractivity contribution in [3.8, 4) is 5.75 Å². The van der Waals surface area contributed by atoms with Crippen molar-refractivity contribution in [1.29, 1.82) is 0 Å². The third-order valence-corrected chi connectivity index (χ3v) is 5.04. The predicted molar refractivity (Wildman–Crippen MR) is 96.0 cm³/mol. The Hall–Kier alpha value is -2.01. The van der Waals surface area contributed by atoms with Crippen LogP contribution in [0.25, 0.3) is 0 Å². The van der Waals surface area contributed by atoms with E-state index in [0.29, 0.717) is 34.8 Å². The van der Waals surface area contributed by atoms with Gasteiger partial charge in [-0.1, -0.05) is 17.7 Å². The summed E-state index contributed by atoms with van der Waals surface area (Å²) in [6.45, 7) is 1.16. The third-order valence-electron chi connectivity index (χ3n) is 4.75. The number of nitrogens with one attached hydrogen (secondary N) is 1. The van der Waals surface area contributed by atoms with Gasteiger partial charge in [0.1, 0.15) is 11.4 Å². The minimum Gasteiger partial charge on any atom is -0.492 e. The molecule has 6 heteroatoms. The number of aryl methyl sites for hydroxylation is 1. The molecule has 2 fully saturated rings. The second-order valence-corrected chi connectivity index (χ2v) is 7.46. The summed E-state index contributed by atoms with van der Waals surface area (Å²) < 4.78 is 7.38. The molecule has 2 aromatic rings. The molecule has 0 bridgehead atoms. The van der Waals surface area contributed by atoms with Gasteiger partial charge in [-0.15, -0.1) is 0 Å². The van der Waals surface area contributed by atoms with Gasteiger partial charge >= 0.3 is 0 Å². The molecule has 1 N–H and O–H groups in total. The first-order valence-electron chi connectivity index (χ1n) is 8.83. The van der Waals surface area contributed by atoms with E-state index in [1.165, 1.54) is 25.7 Å². The van der Waals surface area contributed by atoms with Gasteiger partial charge in [0.05, 0.1) is 17.3 Å². The molecule has 2 saturated carbocycles. The van der Waals surface area contributed by atoms with Gasteiger partial charge in [-0.3, -0.25) is 9.48 Å². The fourth-order valence-electron chi connectivity index (χ4n) is 2.82. The standard InChI is InChI=1S/C19H22ClN3O2/c1-23-17(9-16(22-23)14-5-6-14)19(24)21-10-13-4-7-18(15(20)8-13)25-11-12-2-3-12/h4,7-9,12,14H,2-3,5-6,10-11H2,1H3,(H,21,24). The minimum absolute atomic E-state index is 0.118. The molecule has 1 aromatic carbocycles. The summed E-state index contributed by atoms with van der Waals surface area (Å²) in [7, 11) is 1.81. The number of carbonyl (C=O) groups excluding carboxylic acids is 1. The predicted octanol–water partition coefficient (Wildman–Crippen LogP) is 3.67. The minimum atomic E-state index is -0.118. The molecular formula is C19H22ClN3O2. The van der Waals surface area contributed by atoms with Crippen molar-refractivity contribution in [2.24, 2.45) is 13.0 Å². The normalized spacial score (nSPS) is 16.7. The molecule has 0 saturated heterocycles. The zero-order chi connectivity index (χ0) is 17.4. The number of hydrogen-bond acceptors (Lipinski definition) is 3. The molecule has 0 atom stereocenters. The van der Waals surface area contributed by atoms with Crippen LogP contribution < -0.4 is 10.1 Å². The van der Waals surface area contributed by atoms with Gasteiger partial charge in [-0.25, -0.2) is 0 Å². The van der Waals surface area contributed by atoms with E-state index in [1.54, 1.807) is 4.68 Å². The van der Waals surface area contributed by atoms with Crippen LogP contribution in [-0.4, -0.2) is 22.3 Å². The Kier molecular flexibility index (Phi) is 4.42. The first kappa shape index (κ1) is 16.5. The molecule has 1 amide bonds. The lowest BCUT2D eigenvalue weighted by molar-refractivity contribution is 0.0941. The van der Waals surface area contributed by atoms with Crippen molar-refractivity contribution in [2.45, 2.75) is 38.1 Å². The summed E-state index contributed by atoms with van der Waals surface area (Å²) in [4.78, 5) is 12.4. The first-order chi connectivity index (χ1) is 12.1. The molecule has 0 radical (unpaired) electrons. The van der Waals surface area contributed by atoms with Crippen LogP contribution in [0.15, 0.2) is 24.3 Å². The van der Waals surface area contributed by atoms with Crippen molar-refractivity contribution in [1.82, 2.24) is 15.1 Å². The summed E-state index contributed by atoms with van der Waals surface area (Å²) in [5.41, 5.74) is 2.56. The SMILES string of the molecule is Cn1nc(C2CC2)cc1C(=O)NCc1ccc(OCC2CC2)c(Cl)c1. The summed E-state index contributed by atoms with van der Waals surface area (Å²) in [6, 6.07) is 7.56. The van der Waals surface area contributed by atoms with Gasteiger partial charge in [0.15, 0.2) is 0 Å². The van der Waals surface area contributed by atoms with E-state index in [0.717, 1.165) is 17.9 Å². The van der Waals surface area contributed by atoms with Crippen LogP contribution in [0.2, 0.25) is 5.02 Å². The summed E-state index contributed by atoms with van der Waals surface area (Å²) in [5.74, 6) is 1.82. The van der Waals surface area contributed by atoms with Gasteiger partial charge in [0.25, 0.3) is 5.91 Å². The largest absolute Gasteiger partial charge is 0.492 e. The van der Waals surface area contributed by atoms with Crippen LogP contribution in [-0.2, 0) is 13.6 Å². The van der Waals surface area contributed by atoms with E-state index in [4.69, 9.17) is 16.3 Å². The Bertz CT molecular complexity index is 794. The molecule has 1 aromatic heterocycles. The van der Waals surface area contributed by atoms with Crippen molar-refractivity contribution in [3.63, 3.8) is 0 Å². The molecule has 25 heavy (non-hydrogen) atoms. The number of benzene rings is 1. The number of hydrogen-bond donors (Lipinski definition) is 1. The number of carbonyl (C=O) groups is 1. The average Bonchev–Trinajstić information content (AvgIpc) is 3.50. The highest BCUT2D eigenvalue weighted by atomic mass is 35.5. The molecule has 2 aliphatic carbocycles. The monoisotopic (exact) mass is 359 g/mol. The lowest BCUT2D eigenvalue weighted by Crippen LogP contribution is -2.25. The highest BCUT2D eigenvalue weighted by Crippen LogP contribution is 2.39. The van der Waals surface area contributed by atoms with E-state index in [1.807, 2.05) is 31.3 Å². The molecular weight excluding hydrogens is 338 g/mol. The number of aromatic nitrogens is 2. The number of rotatable bonds is 7. The molecule has 1 heterocycles. The number of amides is 1. The molecule has 2 aliphatic rings. The average molecular weight is 360 g/mol. The van der Waals surface area contributed by atoms with Crippen molar-refractivity contribution < 1.29 is 9.53 Å². The van der Waals surface area contributed by atoms with Crippen LogP contribution in [0, 0.1) is 5.92 Å². The topological polar surface area (TPSA) is 56.2 Å². The van der Waals surface area contributed by atoms with E-state index < -0.39 is 0 Å². The maximum Gasteiger partial charge on any atom is 0.269 e. The molecule has 4 rings (SSSR count). The van der Waals surface area contributed by atoms with Crippen LogP contribution in [0.4, 0.5) is 0 Å². The summed E-state index contributed by atoms with van der Waals surface area (Å²) in [6.07, 6.45) is 4.84. The van der Waals surface area contributed by atoms with Crippen LogP contribution >= 0.6 is 11.6 Å². The molecule has 0 spiro atoms. The van der Waals surface area contributed by atoms with Crippen molar-refractivity contribution in [2.75, 3.05) is 6.61 Å². The van der Waals surface area contributed by atoms with Gasteiger partial charge in [-0.2, -0.15) is 5.10 Å². The van der Waals surface area contributed by atoms with E-state index in [2.05, 4.69) is 10.4 Å². The fourth-order valence-corrected chi connectivity index (χ4v) is 3.07. The van der Waals surface area contributed by atoms with Gasteiger partial charge in [-0.05, 0) is 55.4 Å². The van der Waals surface area contributed by atoms with E-state index in [-0.39, 0.29) is 5.91 Å². The number of halogens is 1. The number of ether oxygens (including phenoxy) is 1. The van der Waals surface area contributed by atoms with Crippen molar-refractivity contribution >= 4 is 17.5 Å². The smallest absolute Gasteiger partial charge is 0.269 e. The lowest BCUT2D eigenvalue weighted by atomic mass is 10.2. The first-order valence-corrected chi connectivity index (χ1v) is 9.21. The van der Waals surface area contributed by atoms with Gasteiger partial charge in [0, 0.05) is 19.5 Å². The lowest BCUT2D eigenvalue weighted by Gasteiger charge is -2.10. The molecule has 5 nitrogen and oxygen atoms in total. The molecule has 132 valence electrons. The second kappa shape index (κ2) is 6.71. The molecule has 0 unspecified atom stereocenters. The maximum atomic E-state index is 12.4. The Balaban J connectivity index is 1.35. The third kappa shape index (κ3) is 3.98. The fraction of sp³-hybridized carbons (Fsp3) is 0.474. The second-order valence-electron chi connectivity index (χ2n) is 7.05. The zero-order valence-electron chi connectivity index (χ0n) is 14.3. The Morgan fingerprint density at radius 2 is 2.12 bits per heavy atom. The number of nitrogens with zero attached hydrogens (tertiary/aromatic N) is 2. The Morgan fingerprint density at radius 3 is 2.80 bits per heavy atom. The Morgan fingerprint density at radius 1 is 1.32 bits per heavy atom. The van der Waals surface area contributed by atoms with E-state index in [9.17, 15) is 4.79 Å². The van der Waals surface area contributed by atoms with Crippen LogP contribution in [0.3, 0.4) is 0 Å². The highest BCUT2D eigenvalue weighted by molar-refractivity contribution is 6.32. The van der Waals surface area contributed by atoms with Gasteiger partial charge in [0.2, 0.25) is 0 Å². The summed E-state index contributed by atoms with van der Waals surface area (Å²) >= 11 is 6.28. The zero-order valence-corrected chi connectivity index (χ0v) is 15.1. The Labute approximate surface area is 152 Å². The van der Waals surface area contributed by atoms with Gasteiger partial charge < -0.3 is 10.1 Å². The molecule has 0 aliphatic heterocycles. The van der Waals surface area contributed by atoms with Crippen LogP contribution in [0.1, 0.15) is 53.3 Å². The van der Waals surface area contributed by atoms with Crippen LogP contribution in [0.5, 0.6) is 5.75 Å². The van der Waals surface area contributed by atoms with Crippen molar-refractivity contribution in [3.05, 3.63) is 46.2 Å².